The highest BCUT2D eigenvalue weighted by Crippen LogP contribution is 2.49. The Morgan fingerprint density at radius 3 is 2.17 bits per heavy atom. The lowest BCUT2D eigenvalue weighted by Crippen LogP contribution is -2.37. The van der Waals surface area contributed by atoms with Gasteiger partial charge in [0.05, 0.1) is 0 Å². The van der Waals surface area contributed by atoms with Gasteiger partial charge in [-0.05, 0) is 30.1 Å². The Hall–Kier alpha value is 0. The first kappa shape index (κ1) is 10.1. The third-order valence-corrected chi connectivity index (χ3v) is 3.99. The maximum atomic E-state index is 2.44. The lowest BCUT2D eigenvalue weighted by Gasteiger charge is -2.47. The van der Waals surface area contributed by atoms with Crippen molar-refractivity contribution in [3.63, 3.8) is 0 Å². The molecular formula is C12H24. The fraction of sp³-hybridized carbons (Fsp3) is 1.00. The van der Waals surface area contributed by atoms with Gasteiger partial charge in [0.1, 0.15) is 0 Å². The van der Waals surface area contributed by atoms with E-state index in [0.29, 0.717) is 5.41 Å². The third kappa shape index (κ3) is 1.84. The molecule has 1 rings (SSSR count). The van der Waals surface area contributed by atoms with E-state index < -0.39 is 0 Å². The zero-order valence-electron chi connectivity index (χ0n) is 9.19. The van der Waals surface area contributed by atoms with Crippen molar-refractivity contribution >= 4 is 0 Å². The standard InChI is InChI=1S/C12H24/c1-5-7-10-8-9-11(10)12(3,4)6-2/h10-11H,5-9H2,1-4H3. The molecule has 1 fully saturated rings. The molecule has 1 saturated carbocycles. The number of hydrogen-bond acceptors (Lipinski definition) is 0. The summed E-state index contributed by atoms with van der Waals surface area (Å²) in [6.45, 7) is 9.54. The second-order valence-electron chi connectivity index (χ2n) is 5.07. The van der Waals surface area contributed by atoms with Crippen LogP contribution in [0.25, 0.3) is 0 Å². The minimum atomic E-state index is 0.609. The first-order chi connectivity index (χ1) is 5.61. The maximum Gasteiger partial charge on any atom is -0.0326 e. The molecular weight excluding hydrogens is 144 g/mol. The summed E-state index contributed by atoms with van der Waals surface area (Å²) >= 11 is 0. The average molecular weight is 168 g/mol. The van der Waals surface area contributed by atoms with Gasteiger partial charge in [0.2, 0.25) is 0 Å². The number of rotatable bonds is 4. The molecule has 0 aromatic rings. The zero-order valence-corrected chi connectivity index (χ0v) is 9.19. The zero-order chi connectivity index (χ0) is 9.19. The van der Waals surface area contributed by atoms with Crippen molar-refractivity contribution in [1.82, 2.24) is 0 Å². The van der Waals surface area contributed by atoms with Gasteiger partial charge in [-0.15, -0.1) is 0 Å². The van der Waals surface area contributed by atoms with E-state index in [9.17, 15) is 0 Å². The molecule has 12 heavy (non-hydrogen) atoms. The Morgan fingerprint density at radius 2 is 1.83 bits per heavy atom. The minimum Gasteiger partial charge on any atom is -0.0654 e. The van der Waals surface area contributed by atoms with Crippen LogP contribution in [0.2, 0.25) is 0 Å². The lowest BCUT2D eigenvalue weighted by atomic mass is 9.59. The van der Waals surface area contributed by atoms with E-state index in [4.69, 9.17) is 0 Å². The van der Waals surface area contributed by atoms with Crippen LogP contribution in [-0.2, 0) is 0 Å². The molecule has 0 bridgehead atoms. The van der Waals surface area contributed by atoms with Gasteiger partial charge in [0.25, 0.3) is 0 Å². The van der Waals surface area contributed by atoms with Crippen LogP contribution < -0.4 is 0 Å². The highest BCUT2D eigenvalue weighted by atomic mass is 14.4. The van der Waals surface area contributed by atoms with Crippen molar-refractivity contribution in [3.8, 4) is 0 Å². The molecule has 1 aliphatic rings. The van der Waals surface area contributed by atoms with Crippen LogP contribution in [0.3, 0.4) is 0 Å². The molecule has 0 aromatic heterocycles. The van der Waals surface area contributed by atoms with E-state index in [1.807, 2.05) is 0 Å². The fourth-order valence-corrected chi connectivity index (χ4v) is 2.58. The molecule has 0 aromatic carbocycles. The summed E-state index contributed by atoms with van der Waals surface area (Å²) in [5.41, 5.74) is 0.609. The molecule has 0 aliphatic heterocycles. The molecule has 0 heteroatoms. The molecule has 0 saturated heterocycles. The quantitative estimate of drug-likeness (QED) is 0.588. The van der Waals surface area contributed by atoms with Crippen molar-refractivity contribution in [2.24, 2.45) is 17.3 Å². The minimum absolute atomic E-state index is 0.609. The van der Waals surface area contributed by atoms with Crippen LogP contribution in [0.4, 0.5) is 0 Å². The Kier molecular flexibility index (Phi) is 3.20. The molecule has 2 unspecified atom stereocenters. The topological polar surface area (TPSA) is 0 Å². The molecule has 0 spiro atoms. The predicted molar refractivity (Wildman–Crippen MR) is 55.2 cm³/mol. The normalized spacial score (nSPS) is 30.0. The predicted octanol–water partition coefficient (Wildman–Crippen LogP) is 4.25. The lowest BCUT2D eigenvalue weighted by molar-refractivity contribution is 0.0342. The van der Waals surface area contributed by atoms with Gasteiger partial charge in [0.15, 0.2) is 0 Å². The molecule has 0 N–H and O–H groups in total. The summed E-state index contributed by atoms with van der Waals surface area (Å²) in [5, 5.41) is 0. The van der Waals surface area contributed by atoms with Gasteiger partial charge >= 0.3 is 0 Å². The maximum absolute atomic E-state index is 2.44. The van der Waals surface area contributed by atoms with Crippen molar-refractivity contribution in [1.29, 1.82) is 0 Å². The van der Waals surface area contributed by atoms with Gasteiger partial charge in [-0.3, -0.25) is 0 Å². The molecule has 0 amide bonds. The van der Waals surface area contributed by atoms with Gasteiger partial charge in [-0.1, -0.05) is 47.0 Å². The Bertz CT molecular complexity index is 135. The van der Waals surface area contributed by atoms with E-state index in [2.05, 4.69) is 27.7 Å². The number of hydrogen-bond donors (Lipinski definition) is 0. The first-order valence-corrected chi connectivity index (χ1v) is 5.61. The summed E-state index contributed by atoms with van der Waals surface area (Å²) in [6.07, 6.45) is 7.18. The van der Waals surface area contributed by atoms with E-state index >= 15 is 0 Å². The Labute approximate surface area is 77.7 Å². The van der Waals surface area contributed by atoms with Crippen molar-refractivity contribution in [2.75, 3.05) is 0 Å². The molecule has 0 radical (unpaired) electrons. The smallest absolute Gasteiger partial charge is 0.0326 e. The van der Waals surface area contributed by atoms with E-state index in [1.165, 1.54) is 32.1 Å². The highest BCUT2D eigenvalue weighted by Gasteiger charge is 2.39. The summed E-state index contributed by atoms with van der Waals surface area (Å²) in [7, 11) is 0. The first-order valence-electron chi connectivity index (χ1n) is 5.61. The van der Waals surface area contributed by atoms with Crippen molar-refractivity contribution in [3.05, 3.63) is 0 Å². The third-order valence-electron chi connectivity index (χ3n) is 3.99. The van der Waals surface area contributed by atoms with Gasteiger partial charge in [0, 0.05) is 0 Å². The Morgan fingerprint density at radius 1 is 1.17 bits per heavy atom. The SMILES string of the molecule is CCCC1CCC1C(C)(C)CC. The van der Waals surface area contributed by atoms with E-state index in [-0.39, 0.29) is 0 Å². The largest absolute Gasteiger partial charge is 0.0654 e. The summed E-state index contributed by atoms with van der Waals surface area (Å²) < 4.78 is 0. The van der Waals surface area contributed by atoms with Crippen LogP contribution >= 0.6 is 0 Å². The van der Waals surface area contributed by atoms with Crippen LogP contribution in [0, 0.1) is 17.3 Å². The van der Waals surface area contributed by atoms with Crippen LogP contribution in [0.15, 0.2) is 0 Å². The monoisotopic (exact) mass is 168 g/mol. The molecule has 2 atom stereocenters. The van der Waals surface area contributed by atoms with E-state index in [1.54, 1.807) is 0 Å². The second-order valence-corrected chi connectivity index (χ2v) is 5.07. The Balaban J connectivity index is 2.42. The molecule has 72 valence electrons. The molecule has 0 nitrogen and oxygen atoms in total. The second kappa shape index (κ2) is 3.81. The fourth-order valence-electron chi connectivity index (χ4n) is 2.58. The van der Waals surface area contributed by atoms with Crippen molar-refractivity contribution in [2.45, 2.75) is 59.8 Å². The average Bonchev–Trinajstić information content (AvgIpc) is 1.97. The summed E-state index contributed by atoms with van der Waals surface area (Å²) in [5.74, 6) is 2.09. The van der Waals surface area contributed by atoms with Gasteiger partial charge < -0.3 is 0 Å². The summed E-state index contributed by atoms with van der Waals surface area (Å²) in [4.78, 5) is 0. The summed E-state index contributed by atoms with van der Waals surface area (Å²) in [6, 6.07) is 0. The van der Waals surface area contributed by atoms with Crippen LogP contribution in [-0.4, -0.2) is 0 Å². The van der Waals surface area contributed by atoms with Crippen LogP contribution in [0.5, 0.6) is 0 Å². The molecule has 0 heterocycles. The van der Waals surface area contributed by atoms with Gasteiger partial charge in [-0.25, -0.2) is 0 Å². The van der Waals surface area contributed by atoms with Gasteiger partial charge in [-0.2, -0.15) is 0 Å². The van der Waals surface area contributed by atoms with Crippen molar-refractivity contribution < 1.29 is 0 Å². The van der Waals surface area contributed by atoms with E-state index in [0.717, 1.165) is 11.8 Å². The van der Waals surface area contributed by atoms with Crippen LogP contribution in [0.1, 0.15) is 59.8 Å². The highest BCUT2D eigenvalue weighted by molar-refractivity contribution is 4.89. The molecule has 1 aliphatic carbocycles.